The van der Waals surface area contributed by atoms with Crippen LogP contribution in [0.5, 0.6) is 0 Å². The lowest BCUT2D eigenvalue weighted by atomic mass is 10.1. The van der Waals surface area contributed by atoms with E-state index in [0.29, 0.717) is 0 Å². The van der Waals surface area contributed by atoms with Crippen LogP contribution >= 0.6 is 0 Å². The maximum Gasteiger partial charge on any atom is 0.136 e. The molecule has 0 radical (unpaired) electrons. The van der Waals surface area contributed by atoms with Crippen LogP contribution in [0.3, 0.4) is 0 Å². The third kappa shape index (κ3) is 3.36. The standard InChI is InChI=1S/C15H17N3.C2H6/c1-2-5-13(6-3-1)14-7-4-8-17-15(14)18-11-9-16-10-12-18;1-2/h1-8,16H,9-12H2;1-2H3. The van der Waals surface area contributed by atoms with Gasteiger partial charge in [-0.2, -0.15) is 0 Å². The van der Waals surface area contributed by atoms with Crippen molar-refractivity contribution >= 4 is 5.82 Å². The molecule has 0 bridgehead atoms. The minimum Gasteiger partial charge on any atom is -0.354 e. The number of benzene rings is 1. The molecule has 1 aromatic heterocycles. The van der Waals surface area contributed by atoms with Crippen LogP contribution in [0.4, 0.5) is 5.82 Å². The summed E-state index contributed by atoms with van der Waals surface area (Å²) in [5.74, 6) is 1.10. The van der Waals surface area contributed by atoms with Gasteiger partial charge in [0, 0.05) is 37.9 Å². The molecule has 0 spiro atoms. The van der Waals surface area contributed by atoms with Crippen molar-refractivity contribution in [3.8, 4) is 11.1 Å². The summed E-state index contributed by atoms with van der Waals surface area (Å²) in [6, 6.07) is 14.6. The predicted molar refractivity (Wildman–Crippen MR) is 86.1 cm³/mol. The second-order valence-corrected chi connectivity index (χ2v) is 4.48. The van der Waals surface area contributed by atoms with E-state index >= 15 is 0 Å². The van der Waals surface area contributed by atoms with Gasteiger partial charge in [-0.3, -0.25) is 0 Å². The van der Waals surface area contributed by atoms with Crippen molar-refractivity contribution in [2.24, 2.45) is 0 Å². The lowest BCUT2D eigenvalue weighted by Crippen LogP contribution is -2.44. The van der Waals surface area contributed by atoms with Gasteiger partial charge in [-0.25, -0.2) is 4.98 Å². The van der Waals surface area contributed by atoms with Gasteiger partial charge in [-0.1, -0.05) is 44.2 Å². The van der Waals surface area contributed by atoms with Crippen molar-refractivity contribution in [3.05, 3.63) is 48.7 Å². The highest BCUT2D eigenvalue weighted by molar-refractivity contribution is 5.75. The van der Waals surface area contributed by atoms with Crippen molar-refractivity contribution in [3.63, 3.8) is 0 Å². The lowest BCUT2D eigenvalue weighted by molar-refractivity contribution is 0.585. The van der Waals surface area contributed by atoms with Crippen molar-refractivity contribution < 1.29 is 0 Å². The number of nitrogens with zero attached hydrogens (tertiary/aromatic N) is 2. The summed E-state index contributed by atoms with van der Waals surface area (Å²) in [5.41, 5.74) is 2.46. The highest BCUT2D eigenvalue weighted by Gasteiger charge is 2.15. The number of piperazine rings is 1. The van der Waals surface area contributed by atoms with Crippen LogP contribution in [-0.2, 0) is 0 Å². The first-order chi connectivity index (χ1) is 9.95. The smallest absolute Gasteiger partial charge is 0.136 e. The molecule has 0 atom stereocenters. The molecule has 20 heavy (non-hydrogen) atoms. The molecule has 3 heteroatoms. The van der Waals surface area contributed by atoms with Gasteiger partial charge < -0.3 is 10.2 Å². The van der Waals surface area contributed by atoms with E-state index in [1.165, 1.54) is 11.1 Å². The zero-order valence-electron chi connectivity index (χ0n) is 12.3. The topological polar surface area (TPSA) is 28.2 Å². The van der Waals surface area contributed by atoms with Crippen molar-refractivity contribution in [1.29, 1.82) is 0 Å². The van der Waals surface area contributed by atoms with Crippen LogP contribution in [0.2, 0.25) is 0 Å². The zero-order chi connectivity index (χ0) is 14.2. The molecule has 106 valence electrons. The summed E-state index contributed by atoms with van der Waals surface area (Å²) >= 11 is 0. The molecule has 0 amide bonds. The molecule has 2 heterocycles. The quantitative estimate of drug-likeness (QED) is 0.907. The molecule has 0 aliphatic carbocycles. The number of hydrogen-bond acceptors (Lipinski definition) is 3. The van der Waals surface area contributed by atoms with Crippen molar-refractivity contribution in [1.82, 2.24) is 10.3 Å². The van der Waals surface area contributed by atoms with Crippen molar-refractivity contribution in [2.45, 2.75) is 13.8 Å². The summed E-state index contributed by atoms with van der Waals surface area (Å²) in [6.45, 7) is 8.11. The normalized spacial score (nSPS) is 14.4. The third-order valence-electron chi connectivity index (χ3n) is 3.29. The number of rotatable bonds is 2. The van der Waals surface area contributed by atoms with Gasteiger partial charge >= 0.3 is 0 Å². The molecule has 3 nitrogen and oxygen atoms in total. The Kier molecular flexibility index (Phi) is 5.56. The second kappa shape index (κ2) is 7.65. The average molecular weight is 269 g/mol. The van der Waals surface area contributed by atoms with E-state index in [2.05, 4.69) is 45.5 Å². The Balaban J connectivity index is 0.000000704. The molecule has 3 rings (SSSR count). The third-order valence-corrected chi connectivity index (χ3v) is 3.29. The fourth-order valence-corrected chi connectivity index (χ4v) is 2.37. The molecule has 0 saturated carbocycles. The Labute approximate surface area is 121 Å². The van der Waals surface area contributed by atoms with E-state index in [4.69, 9.17) is 0 Å². The summed E-state index contributed by atoms with van der Waals surface area (Å²) < 4.78 is 0. The average Bonchev–Trinajstić information content (AvgIpc) is 2.58. The van der Waals surface area contributed by atoms with E-state index in [1.54, 1.807) is 0 Å². The number of hydrogen-bond donors (Lipinski definition) is 1. The number of pyridine rings is 1. The van der Waals surface area contributed by atoms with Crippen molar-refractivity contribution in [2.75, 3.05) is 31.1 Å². The Morgan fingerprint density at radius 3 is 2.35 bits per heavy atom. The SMILES string of the molecule is CC.c1ccc(-c2cccnc2N2CCNCC2)cc1. The Hall–Kier alpha value is -1.87. The molecule has 1 saturated heterocycles. The van der Waals surface area contributed by atoms with Crippen LogP contribution in [0.1, 0.15) is 13.8 Å². The van der Waals surface area contributed by atoms with E-state index in [1.807, 2.05) is 32.2 Å². The van der Waals surface area contributed by atoms with E-state index in [0.717, 1.165) is 32.0 Å². The summed E-state index contributed by atoms with van der Waals surface area (Å²) in [5, 5.41) is 3.37. The van der Waals surface area contributed by atoms with Crippen LogP contribution in [0.15, 0.2) is 48.7 Å². The van der Waals surface area contributed by atoms with Gasteiger partial charge in [0.15, 0.2) is 0 Å². The molecule has 1 aromatic carbocycles. The summed E-state index contributed by atoms with van der Waals surface area (Å²) in [6.07, 6.45) is 1.88. The van der Waals surface area contributed by atoms with Gasteiger partial charge in [0.1, 0.15) is 5.82 Å². The molecule has 1 fully saturated rings. The fourth-order valence-electron chi connectivity index (χ4n) is 2.37. The molecular weight excluding hydrogens is 246 g/mol. The monoisotopic (exact) mass is 269 g/mol. The van der Waals surface area contributed by atoms with Crippen LogP contribution < -0.4 is 10.2 Å². The summed E-state index contributed by atoms with van der Waals surface area (Å²) in [7, 11) is 0. The number of anilines is 1. The van der Waals surface area contributed by atoms with Gasteiger partial charge in [-0.05, 0) is 17.7 Å². The van der Waals surface area contributed by atoms with Crippen LogP contribution in [0, 0.1) is 0 Å². The molecular formula is C17H23N3. The Morgan fingerprint density at radius 2 is 1.65 bits per heavy atom. The summed E-state index contributed by atoms with van der Waals surface area (Å²) in [4.78, 5) is 6.94. The minimum absolute atomic E-state index is 1.02. The first kappa shape index (κ1) is 14.5. The van der Waals surface area contributed by atoms with E-state index in [9.17, 15) is 0 Å². The first-order valence-corrected chi connectivity index (χ1v) is 7.41. The van der Waals surface area contributed by atoms with Gasteiger partial charge in [0.25, 0.3) is 0 Å². The molecule has 1 aliphatic rings. The predicted octanol–water partition coefficient (Wildman–Crippen LogP) is 3.18. The second-order valence-electron chi connectivity index (χ2n) is 4.48. The molecule has 1 N–H and O–H groups in total. The van der Waals surface area contributed by atoms with Gasteiger partial charge in [0.05, 0.1) is 0 Å². The molecule has 2 aromatic rings. The molecule has 1 aliphatic heterocycles. The fraction of sp³-hybridized carbons (Fsp3) is 0.353. The van der Waals surface area contributed by atoms with E-state index < -0.39 is 0 Å². The maximum atomic E-state index is 4.58. The maximum absolute atomic E-state index is 4.58. The van der Waals surface area contributed by atoms with Gasteiger partial charge in [-0.15, -0.1) is 0 Å². The zero-order valence-corrected chi connectivity index (χ0v) is 12.3. The Bertz CT molecular complexity index is 505. The largest absolute Gasteiger partial charge is 0.354 e. The van der Waals surface area contributed by atoms with Crippen LogP contribution in [-0.4, -0.2) is 31.2 Å². The van der Waals surface area contributed by atoms with Gasteiger partial charge in [0.2, 0.25) is 0 Å². The Morgan fingerprint density at radius 1 is 0.950 bits per heavy atom. The highest BCUT2D eigenvalue weighted by Crippen LogP contribution is 2.28. The molecule has 0 unspecified atom stereocenters. The lowest BCUT2D eigenvalue weighted by Gasteiger charge is -2.30. The van der Waals surface area contributed by atoms with Crippen LogP contribution in [0.25, 0.3) is 11.1 Å². The number of aromatic nitrogens is 1. The minimum atomic E-state index is 1.02. The first-order valence-electron chi connectivity index (χ1n) is 7.41. The number of nitrogens with one attached hydrogen (secondary N) is 1. The van der Waals surface area contributed by atoms with E-state index in [-0.39, 0.29) is 0 Å². The highest BCUT2D eigenvalue weighted by atomic mass is 15.2.